The summed E-state index contributed by atoms with van der Waals surface area (Å²) in [6.45, 7) is 2.11. The smallest absolute Gasteiger partial charge is 0.0671 e. The third-order valence-electron chi connectivity index (χ3n) is 3.80. The molecule has 2 aromatic carbocycles. The van der Waals surface area contributed by atoms with Crippen LogP contribution in [0.4, 0.5) is 0 Å². The number of rotatable bonds is 2. The molecule has 0 bridgehead atoms. The van der Waals surface area contributed by atoms with E-state index in [0.717, 1.165) is 16.6 Å². The second-order valence-electron chi connectivity index (χ2n) is 5.27. The van der Waals surface area contributed by atoms with E-state index in [1.54, 1.807) is 0 Å². The Hall–Kier alpha value is -2.81. The zero-order valence-electron chi connectivity index (χ0n) is 11.7. The minimum absolute atomic E-state index is 1.05. The van der Waals surface area contributed by atoms with Crippen LogP contribution in [0.3, 0.4) is 0 Å². The normalized spacial score (nSPS) is 11.1. The van der Waals surface area contributed by atoms with E-state index in [1.165, 1.54) is 16.8 Å². The molecule has 0 unspecified atom stereocenters. The topological polar surface area (TPSA) is 33.6 Å². The average molecular weight is 273 g/mol. The monoisotopic (exact) mass is 273 g/mol. The predicted molar refractivity (Wildman–Crippen MR) is 85.6 cm³/mol. The van der Waals surface area contributed by atoms with Crippen LogP contribution < -0.4 is 0 Å². The predicted octanol–water partition coefficient (Wildman–Crippen LogP) is 4.33. The van der Waals surface area contributed by atoms with Crippen LogP contribution >= 0.6 is 0 Å². The van der Waals surface area contributed by atoms with Gasteiger partial charge in [0.05, 0.1) is 17.4 Å². The van der Waals surface area contributed by atoms with Crippen molar-refractivity contribution in [2.24, 2.45) is 0 Å². The number of benzene rings is 2. The van der Waals surface area contributed by atoms with Crippen molar-refractivity contribution in [2.45, 2.75) is 6.92 Å². The molecule has 0 aliphatic heterocycles. The van der Waals surface area contributed by atoms with Gasteiger partial charge < -0.3 is 4.57 Å². The Morgan fingerprint density at radius 3 is 2.71 bits per heavy atom. The van der Waals surface area contributed by atoms with Crippen molar-refractivity contribution < 1.29 is 0 Å². The van der Waals surface area contributed by atoms with Crippen LogP contribution in [0.5, 0.6) is 0 Å². The maximum Gasteiger partial charge on any atom is 0.0671 e. The maximum atomic E-state index is 4.08. The minimum atomic E-state index is 1.05. The minimum Gasteiger partial charge on any atom is -0.317 e. The van der Waals surface area contributed by atoms with Crippen LogP contribution in [0.2, 0.25) is 0 Å². The molecule has 4 rings (SSSR count). The van der Waals surface area contributed by atoms with E-state index in [1.807, 2.05) is 6.20 Å². The average Bonchev–Trinajstić information content (AvgIpc) is 3.16. The summed E-state index contributed by atoms with van der Waals surface area (Å²) >= 11 is 0. The van der Waals surface area contributed by atoms with Crippen LogP contribution in [-0.4, -0.2) is 14.8 Å². The fourth-order valence-corrected chi connectivity index (χ4v) is 2.64. The van der Waals surface area contributed by atoms with E-state index >= 15 is 0 Å². The van der Waals surface area contributed by atoms with E-state index in [4.69, 9.17) is 0 Å². The van der Waals surface area contributed by atoms with Gasteiger partial charge in [0.25, 0.3) is 0 Å². The summed E-state index contributed by atoms with van der Waals surface area (Å²) in [5, 5.41) is 8.23. The van der Waals surface area contributed by atoms with Crippen LogP contribution in [0.25, 0.3) is 27.8 Å². The lowest BCUT2D eigenvalue weighted by atomic mass is 10.1. The van der Waals surface area contributed by atoms with Crippen molar-refractivity contribution in [2.75, 3.05) is 0 Å². The molecule has 4 aromatic rings. The highest BCUT2D eigenvalue weighted by Gasteiger charge is 2.07. The van der Waals surface area contributed by atoms with E-state index in [9.17, 15) is 0 Å². The molecule has 0 saturated heterocycles. The Kier molecular flexibility index (Phi) is 2.64. The standard InChI is InChI=1S/C18H15N3/c1-13-4-6-14(7-5-13)18-3-2-10-21(18)16-9-8-15-12-19-20-17(15)11-16/h2-12H,1H3,(H,19,20). The van der Waals surface area contributed by atoms with Gasteiger partial charge in [0.15, 0.2) is 0 Å². The van der Waals surface area contributed by atoms with Gasteiger partial charge >= 0.3 is 0 Å². The lowest BCUT2D eigenvalue weighted by Gasteiger charge is -2.10. The van der Waals surface area contributed by atoms with Crippen molar-refractivity contribution >= 4 is 10.9 Å². The van der Waals surface area contributed by atoms with Crippen molar-refractivity contribution in [3.8, 4) is 16.9 Å². The quantitative estimate of drug-likeness (QED) is 0.579. The van der Waals surface area contributed by atoms with Crippen molar-refractivity contribution in [1.82, 2.24) is 14.8 Å². The van der Waals surface area contributed by atoms with Gasteiger partial charge in [0.1, 0.15) is 0 Å². The third-order valence-corrected chi connectivity index (χ3v) is 3.80. The van der Waals surface area contributed by atoms with Gasteiger partial charge in [-0.15, -0.1) is 0 Å². The highest BCUT2D eigenvalue weighted by Crippen LogP contribution is 2.25. The number of hydrogen-bond acceptors (Lipinski definition) is 1. The molecular formula is C18H15N3. The largest absolute Gasteiger partial charge is 0.317 e. The molecule has 1 N–H and O–H groups in total. The molecule has 0 aliphatic rings. The van der Waals surface area contributed by atoms with Gasteiger partial charge in [-0.3, -0.25) is 5.10 Å². The fourth-order valence-electron chi connectivity index (χ4n) is 2.64. The number of H-pyrrole nitrogens is 1. The fraction of sp³-hybridized carbons (Fsp3) is 0.0556. The molecule has 2 aromatic heterocycles. The van der Waals surface area contributed by atoms with Gasteiger partial charge in [0, 0.05) is 17.3 Å². The Bertz CT molecular complexity index is 898. The molecule has 0 saturated carbocycles. The molecule has 0 radical (unpaired) electrons. The zero-order valence-corrected chi connectivity index (χ0v) is 11.7. The Balaban J connectivity index is 1.85. The number of aryl methyl sites for hydroxylation is 1. The highest BCUT2D eigenvalue weighted by molar-refractivity contribution is 5.80. The summed E-state index contributed by atoms with van der Waals surface area (Å²) in [4.78, 5) is 0. The number of fused-ring (bicyclic) bond motifs is 1. The molecule has 102 valence electrons. The van der Waals surface area contributed by atoms with Gasteiger partial charge in [-0.2, -0.15) is 5.10 Å². The number of nitrogens with one attached hydrogen (secondary N) is 1. The molecule has 0 spiro atoms. The lowest BCUT2D eigenvalue weighted by Crippen LogP contribution is -1.95. The van der Waals surface area contributed by atoms with Crippen LogP contribution in [0.15, 0.2) is 67.0 Å². The van der Waals surface area contributed by atoms with E-state index in [-0.39, 0.29) is 0 Å². The summed E-state index contributed by atoms with van der Waals surface area (Å²) in [5.41, 5.74) is 5.86. The molecule has 0 amide bonds. The molecule has 3 nitrogen and oxygen atoms in total. The molecule has 21 heavy (non-hydrogen) atoms. The van der Waals surface area contributed by atoms with Gasteiger partial charge in [-0.25, -0.2) is 0 Å². The van der Waals surface area contributed by atoms with Gasteiger partial charge in [0.2, 0.25) is 0 Å². The molecule has 0 fully saturated rings. The number of aromatic amines is 1. The summed E-state index contributed by atoms with van der Waals surface area (Å²) in [6.07, 6.45) is 3.93. The van der Waals surface area contributed by atoms with Crippen LogP contribution in [-0.2, 0) is 0 Å². The van der Waals surface area contributed by atoms with Crippen molar-refractivity contribution in [1.29, 1.82) is 0 Å². The molecule has 2 heterocycles. The first-order valence-electron chi connectivity index (χ1n) is 6.99. The Morgan fingerprint density at radius 1 is 1.00 bits per heavy atom. The van der Waals surface area contributed by atoms with Crippen molar-refractivity contribution in [3.05, 3.63) is 72.6 Å². The SMILES string of the molecule is Cc1ccc(-c2cccn2-c2ccc3cn[nH]c3c2)cc1. The lowest BCUT2D eigenvalue weighted by molar-refractivity contribution is 1.08. The van der Waals surface area contributed by atoms with Crippen LogP contribution in [0, 0.1) is 6.92 Å². The summed E-state index contributed by atoms with van der Waals surface area (Å²) in [5.74, 6) is 0. The number of hydrogen-bond donors (Lipinski definition) is 1. The third kappa shape index (κ3) is 2.03. The summed E-state index contributed by atoms with van der Waals surface area (Å²) in [6, 6.07) is 19.2. The number of aromatic nitrogens is 3. The van der Waals surface area contributed by atoms with Gasteiger partial charge in [-0.05, 0) is 42.8 Å². The Morgan fingerprint density at radius 2 is 1.86 bits per heavy atom. The van der Waals surface area contributed by atoms with Crippen molar-refractivity contribution in [3.63, 3.8) is 0 Å². The Labute approximate surface area is 122 Å². The zero-order chi connectivity index (χ0) is 14.2. The molecule has 0 atom stereocenters. The number of nitrogens with zero attached hydrogens (tertiary/aromatic N) is 2. The van der Waals surface area contributed by atoms with E-state index in [2.05, 4.69) is 82.5 Å². The molecular weight excluding hydrogens is 258 g/mol. The first-order valence-corrected chi connectivity index (χ1v) is 6.99. The second-order valence-corrected chi connectivity index (χ2v) is 5.27. The second kappa shape index (κ2) is 4.63. The highest BCUT2D eigenvalue weighted by atomic mass is 15.1. The van der Waals surface area contributed by atoms with Gasteiger partial charge in [-0.1, -0.05) is 29.8 Å². The first kappa shape index (κ1) is 12.0. The summed E-state index contributed by atoms with van der Waals surface area (Å²) < 4.78 is 2.20. The summed E-state index contributed by atoms with van der Waals surface area (Å²) in [7, 11) is 0. The molecule has 0 aliphatic carbocycles. The molecule has 3 heteroatoms. The van der Waals surface area contributed by atoms with E-state index in [0.29, 0.717) is 0 Å². The van der Waals surface area contributed by atoms with E-state index < -0.39 is 0 Å². The first-order chi connectivity index (χ1) is 10.3. The maximum absolute atomic E-state index is 4.08. The van der Waals surface area contributed by atoms with Crippen LogP contribution in [0.1, 0.15) is 5.56 Å².